The minimum atomic E-state index is -3.47. The molecule has 180 valence electrons. The molecule has 8 nitrogen and oxygen atoms in total. The average Bonchev–Trinajstić information content (AvgIpc) is 3.35. The zero-order valence-corrected chi connectivity index (χ0v) is 20.7. The Morgan fingerprint density at radius 3 is 2.61 bits per heavy atom. The van der Waals surface area contributed by atoms with E-state index in [4.69, 9.17) is 4.74 Å². The molecule has 1 aliphatic heterocycles. The molecule has 2 aliphatic carbocycles. The Bertz CT molecular complexity index is 1180. The Labute approximate surface area is 195 Å². The molecule has 1 aromatic carbocycles. The maximum atomic E-state index is 13.6. The highest BCUT2D eigenvalue weighted by Crippen LogP contribution is 2.67. The van der Waals surface area contributed by atoms with Crippen LogP contribution in [0.25, 0.3) is 11.0 Å². The third-order valence-electron chi connectivity index (χ3n) is 8.86. The van der Waals surface area contributed by atoms with Crippen molar-refractivity contribution in [1.82, 2.24) is 19.2 Å². The second kappa shape index (κ2) is 7.52. The number of sulfonamides is 1. The first kappa shape index (κ1) is 22.8. The molecule has 3 fully saturated rings. The molecule has 1 aromatic heterocycles. The van der Waals surface area contributed by atoms with Crippen molar-refractivity contribution in [1.29, 1.82) is 0 Å². The predicted octanol–water partition coefficient (Wildman–Crippen LogP) is 2.70. The normalized spacial score (nSPS) is 32.5. The van der Waals surface area contributed by atoms with Gasteiger partial charge in [0.15, 0.2) is 0 Å². The van der Waals surface area contributed by atoms with Crippen LogP contribution < -0.4 is 5.32 Å². The number of benzene rings is 1. The van der Waals surface area contributed by atoms with Crippen LogP contribution in [0.4, 0.5) is 0 Å². The Morgan fingerprint density at radius 2 is 1.97 bits per heavy atom. The van der Waals surface area contributed by atoms with Crippen LogP contribution in [0.15, 0.2) is 30.6 Å². The maximum absolute atomic E-state index is 13.6. The molecule has 1 N–H and O–H groups in total. The largest absolute Gasteiger partial charge is 0.459 e. The fraction of sp³-hybridized carbons (Fsp3) is 0.667. The first-order chi connectivity index (χ1) is 15.6. The summed E-state index contributed by atoms with van der Waals surface area (Å²) in [5, 5.41) is 3.20. The lowest BCUT2D eigenvalue weighted by Gasteiger charge is -2.42. The minimum absolute atomic E-state index is 0.0254. The molecule has 2 saturated carbocycles. The number of ether oxygens (including phenoxy) is 1. The predicted molar refractivity (Wildman–Crippen MR) is 126 cm³/mol. The molecule has 0 amide bonds. The molecule has 1 saturated heterocycles. The molecule has 0 radical (unpaired) electrons. The molecule has 0 unspecified atom stereocenters. The van der Waals surface area contributed by atoms with Gasteiger partial charge in [-0.3, -0.25) is 5.32 Å². The van der Waals surface area contributed by atoms with E-state index in [1.54, 1.807) is 6.33 Å². The van der Waals surface area contributed by atoms with Crippen LogP contribution in [-0.4, -0.2) is 59.7 Å². The van der Waals surface area contributed by atoms with Gasteiger partial charge in [-0.25, -0.2) is 22.5 Å². The summed E-state index contributed by atoms with van der Waals surface area (Å²) in [6.45, 7) is 9.41. The third-order valence-corrected chi connectivity index (χ3v) is 11.0. The quantitative estimate of drug-likeness (QED) is 0.466. The van der Waals surface area contributed by atoms with Crippen LogP contribution in [0, 0.1) is 16.7 Å². The number of imidazole rings is 1. The summed E-state index contributed by atoms with van der Waals surface area (Å²) in [6.07, 6.45) is 3.71. The topological polar surface area (TPSA) is 103 Å². The summed E-state index contributed by atoms with van der Waals surface area (Å²) >= 11 is 0. The zero-order chi connectivity index (χ0) is 23.6. The lowest BCUT2D eigenvalue weighted by atomic mass is 9.69. The molecular weight excluding hydrogens is 440 g/mol. The van der Waals surface area contributed by atoms with Crippen molar-refractivity contribution in [2.24, 2.45) is 16.7 Å². The fourth-order valence-corrected chi connectivity index (χ4v) is 8.85. The highest BCUT2D eigenvalue weighted by atomic mass is 32.2. The number of carbonyl (C=O) groups excluding carboxylic acids is 1. The van der Waals surface area contributed by atoms with Gasteiger partial charge in [0.2, 0.25) is 15.7 Å². The highest BCUT2D eigenvalue weighted by molar-refractivity contribution is 7.89. The summed E-state index contributed by atoms with van der Waals surface area (Å²) in [6, 6.07) is 7.70. The standard InChI is InChI=1S/C24H34N4O4S/c1-5-27(6-2)33(30,31)15-23-12-11-17(22(23,3)4)13-20(23)32-21(29)24(14-26-24)28-16-25-18-9-7-8-10-19(18)28/h7-10,16-17,20,26H,5-6,11-15H2,1-4H3/t17-,20-,23+,24-/m1/s1. The Balaban J connectivity index is 1.45. The molecular formula is C24H34N4O4S. The number of esters is 1. The second-order valence-electron chi connectivity index (χ2n) is 10.4. The number of hydrogen-bond acceptors (Lipinski definition) is 6. The number of carbonyl (C=O) groups is 1. The number of nitrogens with one attached hydrogen (secondary N) is 1. The van der Waals surface area contributed by atoms with E-state index in [-0.39, 0.29) is 17.1 Å². The number of hydrogen-bond donors (Lipinski definition) is 1. The van der Waals surface area contributed by atoms with Crippen molar-refractivity contribution >= 4 is 27.0 Å². The van der Waals surface area contributed by atoms with Gasteiger partial charge in [-0.2, -0.15) is 0 Å². The summed E-state index contributed by atoms with van der Waals surface area (Å²) in [5.41, 5.74) is -0.0832. The van der Waals surface area contributed by atoms with Crippen LogP contribution >= 0.6 is 0 Å². The van der Waals surface area contributed by atoms with Gasteiger partial charge >= 0.3 is 5.97 Å². The number of fused-ring (bicyclic) bond motifs is 3. The Kier molecular flexibility index (Phi) is 5.19. The molecule has 2 heterocycles. The van der Waals surface area contributed by atoms with E-state index in [1.165, 1.54) is 4.31 Å². The maximum Gasteiger partial charge on any atom is 0.349 e. The number of nitrogens with zero attached hydrogens (tertiary/aromatic N) is 3. The lowest BCUT2D eigenvalue weighted by Crippen LogP contribution is -2.50. The molecule has 0 spiro atoms. The molecule has 33 heavy (non-hydrogen) atoms. The van der Waals surface area contributed by atoms with E-state index in [9.17, 15) is 13.2 Å². The van der Waals surface area contributed by atoms with Gasteiger partial charge in [0, 0.05) is 25.0 Å². The highest BCUT2D eigenvalue weighted by Gasteiger charge is 2.68. The molecule has 9 heteroatoms. The average molecular weight is 475 g/mol. The van der Waals surface area contributed by atoms with Crippen LogP contribution in [0.2, 0.25) is 0 Å². The van der Waals surface area contributed by atoms with Crippen LogP contribution in [-0.2, 0) is 25.2 Å². The summed E-state index contributed by atoms with van der Waals surface area (Å²) in [5.74, 6) is 0.0235. The first-order valence-electron chi connectivity index (χ1n) is 12.0. The van der Waals surface area contributed by atoms with Crippen LogP contribution in [0.5, 0.6) is 0 Å². The smallest absolute Gasteiger partial charge is 0.349 e. The Morgan fingerprint density at radius 1 is 1.27 bits per heavy atom. The zero-order valence-electron chi connectivity index (χ0n) is 19.9. The van der Waals surface area contributed by atoms with E-state index >= 15 is 0 Å². The van der Waals surface area contributed by atoms with Gasteiger partial charge in [-0.15, -0.1) is 0 Å². The summed E-state index contributed by atoms with van der Waals surface area (Å²) < 4.78 is 36.3. The monoisotopic (exact) mass is 474 g/mol. The minimum Gasteiger partial charge on any atom is -0.459 e. The van der Waals surface area contributed by atoms with Gasteiger partial charge < -0.3 is 9.30 Å². The lowest BCUT2D eigenvalue weighted by molar-refractivity contribution is -0.162. The van der Waals surface area contributed by atoms with E-state index in [0.717, 1.165) is 23.9 Å². The first-order valence-corrected chi connectivity index (χ1v) is 13.6. The van der Waals surface area contributed by atoms with Gasteiger partial charge in [-0.1, -0.05) is 39.8 Å². The van der Waals surface area contributed by atoms with Gasteiger partial charge in [0.1, 0.15) is 6.10 Å². The van der Waals surface area contributed by atoms with Crippen molar-refractivity contribution in [2.75, 3.05) is 25.4 Å². The van der Waals surface area contributed by atoms with Crippen molar-refractivity contribution in [3.8, 4) is 0 Å². The molecule has 3 aliphatic rings. The molecule has 2 bridgehead atoms. The van der Waals surface area contributed by atoms with Crippen molar-refractivity contribution in [3.63, 3.8) is 0 Å². The van der Waals surface area contributed by atoms with E-state index in [0.29, 0.717) is 32.0 Å². The van der Waals surface area contributed by atoms with Gasteiger partial charge in [0.25, 0.3) is 0 Å². The third kappa shape index (κ3) is 3.19. The molecule has 5 rings (SSSR count). The van der Waals surface area contributed by atoms with E-state index in [2.05, 4.69) is 24.1 Å². The molecule has 2 aromatic rings. The SMILES string of the molecule is CCN(CC)S(=O)(=O)C[C@@]12CC[C@H](C[C@H]1OC(=O)[C@]1(n3cnc4ccccc43)CN1)C2(C)C. The van der Waals surface area contributed by atoms with Crippen molar-refractivity contribution in [3.05, 3.63) is 30.6 Å². The Hall–Kier alpha value is -1.97. The van der Waals surface area contributed by atoms with Gasteiger partial charge in [-0.05, 0) is 42.7 Å². The summed E-state index contributed by atoms with van der Waals surface area (Å²) in [4.78, 5) is 18.0. The summed E-state index contributed by atoms with van der Waals surface area (Å²) in [7, 11) is -3.47. The van der Waals surface area contributed by atoms with E-state index < -0.39 is 27.2 Å². The number of rotatable bonds is 8. The van der Waals surface area contributed by atoms with Gasteiger partial charge in [0.05, 0.1) is 23.1 Å². The number of aromatic nitrogens is 2. The molecule has 4 atom stereocenters. The van der Waals surface area contributed by atoms with Crippen molar-refractivity contribution < 1.29 is 17.9 Å². The van der Waals surface area contributed by atoms with Crippen LogP contribution in [0.1, 0.15) is 47.0 Å². The number of para-hydroxylation sites is 2. The van der Waals surface area contributed by atoms with Crippen LogP contribution in [0.3, 0.4) is 0 Å². The second-order valence-corrected chi connectivity index (χ2v) is 12.4. The van der Waals surface area contributed by atoms with Crippen molar-refractivity contribution in [2.45, 2.75) is 58.7 Å². The fourth-order valence-electron chi connectivity index (χ4n) is 6.53. The van der Waals surface area contributed by atoms with E-state index in [1.807, 2.05) is 42.7 Å².